The molecule has 2 rings (SSSR count). The zero-order valence-electron chi connectivity index (χ0n) is 13.6. The van der Waals surface area contributed by atoms with Crippen molar-refractivity contribution in [2.24, 2.45) is 0 Å². The van der Waals surface area contributed by atoms with Crippen LogP contribution >= 0.6 is 0 Å². The number of para-hydroxylation sites is 1. The van der Waals surface area contributed by atoms with Crippen LogP contribution in [0, 0.1) is 0 Å². The summed E-state index contributed by atoms with van der Waals surface area (Å²) < 4.78 is 5.59. The predicted molar refractivity (Wildman–Crippen MR) is 92.3 cm³/mol. The van der Waals surface area contributed by atoms with E-state index in [-0.39, 0.29) is 5.56 Å². The summed E-state index contributed by atoms with van der Waals surface area (Å²) in [5, 5.41) is 15.5. The van der Waals surface area contributed by atoms with Crippen molar-refractivity contribution in [3.05, 3.63) is 59.9 Å². The molecule has 0 amide bonds. The van der Waals surface area contributed by atoms with Gasteiger partial charge in [-0.15, -0.1) is 0 Å². The number of ether oxygens (including phenoxy) is 1. The van der Waals surface area contributed by atoms with Gasteiger partial charge in [-0.2, -0.15) is 0 Å². The summed E-state index contributed by atoms with van der Waals surface area (Å²) in [6.45, 7) is 3.75. The minimum Gasteiger partial charge on any atom is -0.492 e. The van der Waals surface area contributed by atoms with E-state index in [4.69, 9.17) is 9.84 Å². The smallest absolute Gasteiger partial charge is 0.335 e. The third kappa shape index (κ3) is 6.76. The van der Waals surface area contributed by atoms with Crippen LogP contribution in [0.5, 0.6) is 5.75 Å². The molecule has 128 valence electrons. The molecular weight excluding hydrogens is 306 g/mol. The molecule has 0 saturated heterocycles. The summed E-state index contributed by atoms with van der Waals surface area (Å²) in [6.07, 6.45) is 2.50. The van der Waals surface area contributed by atoms with Crippen molar-refractivity contribution in [2.45, 2.75) is 13.0 Å². The number of aromatic nitrogens is 1. The van der Waals surface area contributed by atoms with Gasteiger partial charge in [0.25, 0.3) is 0 Å². The first-order valence-electron chi connectivity index (χ1n) is 8.03. The van der Waals surface area contributed by atoms with E-state index in [2.05, 4.69) is 15.6 Å². The Morgan fingerprint density at radius 1 is 1.08 bits per heavy atom. The number of hydrogen-bond acceptors (Lipinski definition) is 5. The Labute approximate surface area is 141 Å². The fourth-order valence-electron chi connectivity index (χ4n) is 2.15. The zero-order valence-corrected chi connectivity index (χ0v) is 13.6. The summed E-state index contributed by atoms with van der Waals surface area (Å²) in [5.74, 6) is -0.0439. The molecule has 24 heavy (non-hydrogen) atoms. The molecule has 0 radical (unpaired) electrons. The first-order valence-corrected chi connectivity index (χ1v) is 8.03. The van der Waals surface area contributed by atoms with Gasteiger partial charge in [0.05, 0.1) is 11.3 Å². The van der Waals surface area contributed by atoms with Crippen molar-refractivity contribution >= 4 is 5.97 Å². The molecule has 0 saturated carbocycles. The summed E-state index contributed by atoms with van der Waals surface area (Å²) in [5.41, 5.74) is 1.00. The van der Waals surface area contributed by atoms with E-state index < -0.39 is 5.97 Å². The van der Waals surface area contributed by atoms with Crippen LogP contribution in [-0.4, -0.2) is 42.3 Å². The van der Waals surface area contributed by atoms with E-state index in [0.29, 0.717) is 13.2 Å². The molecule has 6 heteroatoms. The standard InChI is InChI=1S/C18H23N3O3/c22-18(23)15-7-10-21-16(13-15)14-20-9-4-8-19-11-12-24-17-5-2-1-3-6-17/h1-3,5-7,10,13,19-20H,4,8-9,11-12,14H2,(H,22,23). The number of rotatable bonds is 11. The Hall–Kier alpha value is -2.44. The summed E-state index contributed by atoms with van der Waals surface area (Å²) >= 11 is 0. The van der Waals surface area contributed by atoms with Crippen molar-refractivity contribution in [1.29, 1.82) is 0 Å². The maximum Gasteiger partial charge on any atom is 0.335 e. The van der Waals surface area contributed by atoms with E-state index in [1.165, 1.54) is 12.3 Å². The Morgan fingerprint density at radius 2 is 1.88 bits per heavy atom. The normalized spacial score (nSPS) is 10.5. The lowest BCUT2D eigenvalue weighted by Gasteiger charge is -2.08. The van der Waals surface area contributed by atoms with Gasteiger partial charge in [0.15, 0.2) is 0 Å². The van der Waals surface area contributed by atoms with E-state index >= 15 is 0 Å². The molecule has 6 nitrogen and oxygen atoms in total. The lowest BCUT2D eigenvalue weighted by atomic mass is 10.2. The highest BCUT2D eigenvalue weighted by Gasteiger charge is 2.03. The second kappa shape index (κ2) is 10.4. The van der Waals surface area contributed by atoms with Gasteiger partial charge < -0.3 is 20.5 Å². The number of carboxylic acids is 1. The van der Waals surface area contributed by atoms with Gasteiger partial charge in [0, 0.05) is 19.3 Å². The number of nitrogens with zero attached hydrogens (tertiary/aromatic N) is 1. The van der Waals surface area contributed by atoms with Crippen LogP contribution < -0.4 is 15.4 Å². The number of hydrogen-bond donors (Lipinski definition) is 3. The van der Waals surface area contributed by atoms with E-state index in [1.54, 1.807) is 6.07 Å². The molecule has 1 aromatic heterocycles. The largest absolute Gasteiger partial charge is 0.492 e. The lowest BCUT2D eigenvalue weighted by Crippen LogP contribution is -2.25. The van der Waals surface area contributed by atoms with Crippen molar-refractivity contribution in [1.82, 2.24) is 15.6 Å². The topological polar surface area (TPSA) is 83.5 Å². The summed E-state index contributed by atoms with van der Waals surface area (Å²) in [7, 11) is 0. The Kier molecular flexibility index (Phi) is 7.73. The monoisotopic (exact) mass is 329 g/mol. The Morgan fingerprint density at radius 3 is 2.67 bits per heavy atom. The maximum absolute atomic E-state index is 10.9. The van der Waals surface area contributed by atoms with Crippen LogP contribution in [0.2, 0.25) is 0 Å². The minimum atomic E-state index is -0.930. The molecular formula is C18H23N3O3. The first kappa shape index (κ1) is 17.9. The second-order valence-corrected chi connectivity index (χ2v) is 5.28. The summed E-state index contributed by atoms with van der Waals surface area (Å²) in [4.78, 5) is 15.0. The zero-order chi connectivity index (χ0) is 17.0. The van der Waals surface area contributed by atoms with Gasteiger partial charge in [0.1, 0.15) is 12.4 Å². The third-order valence-electron chi connectivity index (χ3n) is 3.37. The SMILES string of the molecule is O=C(O)c1ccnc(CNCCCNCCOc2ccccc2)c1. The molecule has 0 aliphatic carbocycles. The van der Waals surface area contributed by atoms with Gasteiger partial charge >= 0.3 is 5.97 Å². The number of carboxylic acid groups (broad SMARTS) is 1. The molecule has 0 unspecified atom stereocenters. The Bertz CT molecular complexity index is 620. The highest BCUT2D eigenvalue weighted by atomic mass is 16.5. The molecule has 0 bridgehead atoms. The molecule has 0 fully saturated rings. The quantitative estimate of drug-likeness (QED) is 0.546. The molecule has 2 aromatic rings. The molecule has 1 aromatic carbocycles. The fraction of sp³-hybridized carbons (Fsp3) is 0.333. The third-order valence-corrected chi connectivity index (χ3v) is 3.37. The fourth-order valence-corrected chi connectivity index (χ4v) is 2.15. The number of aromatic carboxylic acids is 1. The number of carbonyl (C=O) groups is 1. The van der Waals surface area contributed by atoms with Gasteiger partial charge in [-0.3, -0.25) is 4.98 Å². The van der Waals surface area contributed by atoms with E-state index in [9.17, 15) is 4.79 Å². The van der Waals surface area contributed by atoms with Crippen molar-refractivity contribution in [2.75, 3.05) is 26.2 Å². The van der Waals surface area contributed by atoms with Gasteiger partial charge in [-0.1, -0.05) is 18.2 Å². The minimum absolute atomic E-state index is 0.266. The van der Waals surface area contributed by atoms with Gasteiger partial charge in [0.2, 0.25) is 0 Å². The predicted octanol–water partition coefficient (Wildman–Crippen LogP) is 1.93. The number of nitrogens with one attached hydrogen (secondary N) is 2. The van der Waals surface area contributed by atoms with E-state index in [1.807, 2.05) is 30.3 Å². The maximum atomic E-state index is 10.9. The van der Waals surface area contributed by atoms with Crippen LogP contribution in [0.1, 0.15) is 22.5 Å². The first-order chi connectivity index (χ1) is 11.8. The molecule has 0 aliphatic rings. The van der Waals surface area contributed by atoms with Crippen molar-refractivity contribution < 1.29 is 14.6 Å². The Balaban J connectivity index is 1.48. The second-order valence-electron chi connectivity index (χ2n) is 5.28. The van der Waals surface area contributed by atoms with Crippen molar-refractivity contribution in [3.8, 4) is 5.75 Å². The molecule has 3 N–H and O–H groups in total. The van der Waals surface area contributed by atoms with Crippen LogP contribution in [0.25, 0.3) is 0 Å². The molecule has 0 spiro atoms. The average Bonchev–Trinajstić information content (AvgIpc) is 2.61. The molecule has 0 atom stereocenters. The van der Waals surface area contributed by atoms with Crippen molar-refractivity contribution in [3.63, 3.8) is 0 Å². The van der Waals surface area contributed by atoms with Gasteiger partial charge in [-0.05, 0) is 43.8 Å². The van der Waals surface area contributed by atoms with Crippen LogP contribution in [-0.2, 0) is 6.54 Å². The van der Waals surface area contributed by atoms with E-state index in [0.717, 1.165) is 37.5 Å². The van der Waals surface area contributed by atoms with Crippen LogP contribution in [0.3, 0.4) is 0 Å². The van der Waals surface area contributed by atoms with Crippen LogP contribution in [0.4, 0.5) is 0 Å². The number of benzene rings is 1. The lowest BCUT2D eigenvalue weighted by molar-refractivity contribution is 0.0696. The average molecular weight is 329 g/mol. The highest BCUT2D eigenvalue weighted by Crippen LogP contribution is 2.07. The summed E-state index contributed by atoms with van der Waals surface area (Å²) in [6, 6.07) is 12.8. The van der Waals surface area contributed by atoms with Gasteiger partial charge in [-0.25, -0.2) is 4.79 Å². The molecule has 1 heterocycles. The number of pyridine rings is 1. The van der Waals surface area contributed by atoms with Crippen LogP contribution in [0.15, 0.2) is 48.7 Å². The highest BCUT2D eigenvalue weighted by molar-refractivity contribution is 5.87. The molecule has 0 aliphatic heterocycles.